The minimum absolute atomic E-state index is 0.378. The molecule has 4 nitrogen and oxygen atoms in total. The Bertz CT molecular complexity index is 400. The standard InChI is InChI=1S/C13H18N2O2/c1-10(13(16)17)9-11-5-4-6-12(14-11)15-7-2-3-8-15/h4-6,10H,2-3,7-9H2,1H3,(H,16,17). The lowest BCUT2D eigenvalue weighted by atomic mass is 10.1. The largest absolute Gasteiger partial charge is 0.481 e. The second-order valence-electron chi connectivity index (χ2n) is 4.62. The SMILES string of the molecule is CC(Cc1cccc(N2CCCC2)n1)C(=O)O. The number of hydrogen-bond acceptors (Lipinski definition) is 3. The number of hydrogen-bond donors (Lipinski definition) is 1. The molecule has 2 heterocycles. The van der Waals surface area contributed by atoms with Crippen LogP contribution in [0.5, 0.6) is 0 Å². The number of carboxylic acid groups (broad SMARTS) is 1. The monoisotopic (exact) mass is 234 g/mol. The molecule has 0 aliphatic carbocycles. The van der Waals surface area contributed by atoms with Gasteiger partial charge in [0.1, 0.15) is 5.82 Å². The molecule has 1 N–H and O–H groups in total. The molecule has 0 amide bonds. The molecule has 1 aromatic heterocycles. The van der Waals surface area contributed by atoms with Crippen LogP contribution in [0.4, 0.5) is 5.82 Å². The van der Waals surface area contributed by atoms with Crippen molar-refractivity contribution in [1.82, 2.24) is 4.98 Å². The molecule has 4 heteroatoms. The van der Waals surface area contributed by atoms with Gasteiger partial charge >= 0.3 is 5.97 Å². The van der Waals surface area contributed by atoms with Crippen LogP contribution in [-0.4, -0.2) is 29.1 Å². The van der Waals surface area contributed by atoms with Crippen LogP contribution in [-0.2, 0) is 11.2 Å². The van der Waals surface area contributed by atoms with Gasteiger partial charge in [0.2, 0.25) is 0 Å². The maximum Gasteiger partial charge on any atom is 0.306 e. The lowest BCUT2D eigenvalue weighted by Crippen LogP contribution is -2.20. The number of carboxylic acids is 1. The zero-order chi connectivity index (χ0) is 12.3. The highest BCUT2D eigenvalue weighted by molar-refractivity contribution is 5.69. The average molecular weight is 234 g/mol. The van der Waals surface area contributed by atoms with E-state index in [-0.39, 0.29) is 5.92 Å². The molecular formula is C13H18N2O2. The molecule has 1 aliphatic heterocycles. The van der Waals surface area contributed by atoms with E-state index < -0.39 is 5.97 Å². The Kier molecular flexibility index (Phi) is 3.61. The van der Waals surface area contributed by atoms with Crippen LogP contribution in [0, 0.1) is 5.92 Å². The highest BCUT2D eigenvalue weighted by Gasteiger charge is 2.16. The van der Waals surface area contributed by atoms with Crippen LogP contribution in [0.2, 0.25) is 0 Å². The zero-order valence-electron chi connectivity index (χ0n) is 10.1. The fourth-order valence-electron chi connectivity index (χ4n) is 2.10. The first kappa shape index (κ1) is 11.9. The van der Waals surface area contributed by atoms with Gasteiger partial charge in [-0.3, -0.25) is 4.79 Å². The van der Waals surface area contributed by atoms with Gasteiger partial charge in [-0.1, -0.05) is 13.0 Å². The number of aromatic nitrogens is 1. The Hall–Kier alpha value is -1.58. The van der Waals surface area contributed by atoms with E-state index in [0.29, 0.717) is 6.42 Å². The lowest BCUT2D eigenvalue weighted by Gasteiger charge is -2.17. The number of anilines is 1. The average Bonchev–Trinajstić information content (AvgIpc) is 2.82. The van der Waals surface area contributed by atoms with E-state index in [1.165, 1.54) is 12.8 Å². The molecule has 1 aliphatic rings. The van der Waals surface area contributed by atoms with Crippen LogP contribution in [0.3, 0.4) is 0 Å². The quantitative estimate of drug-likeness (QED) is 0.865. The maximum absolute atomic E-state index is 10.8. The summed E-state index contributed by atoms with van der Waals surface area (Å²) < 4.78 is 0. The van der Waals surface area contributed by atoms with Crippen LogP contribution < -0.4 is 4.90 Å². The normalized spacial score (nSPS) is 17.1. The van der Waals surface area contributed by atoms with Crippen molar-refractivity contribution in [3.05, 3.63) is 23.9 Å². The van der Waals surface area contributed by atoms with Gasteiger partial charge < -0.3 is 10.0 Å². The third-order valence-corrected chi connectivity index (χ3v) is 3.16. The summed E-state index contributed by atoms with van der Waals surface area (Å²) in [6.45, 7) is 3.84. The van der Waals surface area contributed by atoms with Gasteiger partial charge in [-0.05, 0) is 25.0 Å². The van der Waals surface area contributed by atoms with Crippen LogP contribution >= 0.6 is 0 Å². The molecular weight excluding hydrogens is 216 g/mol. The molecule has 1 aromatic rings. The first-order chi connectivity index (χ1) is 8.16. The van der Waals surface area contributed by atoms with E-state index in [9.17, 15) is 4.79 Å². The second-order valence-corrected chi connectivity index (χ2v) is 4.62. The number of pyridine rings is 1. The fraction of sp³-hybridized carbons (Fsp3) is 0.538. The molecule has 1 unspecified atom stereocenters. The van der Waals surface area contributed by atoms with Crippen molar-refractivity contribution in [1.29, 1.82) is 0 Å². The van der Waals surface area contributed by atoms with Crippen LogP contribution in [0.15, 0.2) is 18.2 Å². The highest BCUT2D eigenvalue weighted by atomic mass is 16.4. The van der Waals surface area contributed by atoms with E-state index in [1.54, 1.807) is 6.92 Å². The predicted octanol–water partition coefficient (Wildman–Crippen LogP) is 1.94. The number of aliphatic carboxylic acids is 1. The highest BCUT2D eigenvalue weighted by Crippen LogP contribution is 2.18. The summed E-state index contributed by atoms with van der Waals surface area (Å²) in [6, 6.07) is 5.86. The predicted molar refractivity (Wildman–Crippen MR) is 66.2 cm³/mol. The smallest absolute Gasteiger partial charge is 0.306 e. The van der Waals surface area contributed by atoms with Crippen LogP contribution in [0.1, 0.15) is 25.5 Å². The summed E-state index contributed by atoms with van der Waals surface area (Å²) in [5, 5.41) is 8.89. The minimum Gasteiger partial charge on any atom is -0.481 e. The molecule has 0 saturated carbocycles. The van der Waals surface area contributed by atoms with Gasteiger partial charge in [0.05, 0.1) is 5.92 Å². The summed E-state index contributed by atoms with van der Waals surface area (Å²) >= 11 is 0. The maximum atomic E-state index is 10.8. The Morgan fingerprint density at radius 3 is 2.82 bits per heavy atom. The van der Waals surface area contributed by atoms with Gasteiger partial charge in [0, 0.05) is 25.2 Å². The third-order valence-electron chi connectivity index (χ3n) is 3.16. The number of carbonyl (C=O) groups is 1. The van der Waals surface area contributed by atoms with Crippen molar-refractivity contribution >= 4 is 11.8 Å². The molecule has 92 valence electrons. The zero-order valence-corrected chi connectivity index (χ0v) is 10.1. The number of nitrogens with zero attached hydrogens (tertiary/aromatic N) is 2. The van der Waals surface area contributed by atoms with E-state index in [4.69, 9.17) is 5.11 Å². The molecule has 1 saturated heterocycles. The van der Waals surface area contributed by atoms with E-state index in [0.717, 1.165) is 24.6 Å². The molecule has 2 rings (SSSR count). The third kappa shape index (κ3) is 2.96. The molecule has 0 bridgehead atoms. The van der Waals surface area contributed by atoms with Crippen molar-refractivity contribution in [2.24, 2.45) is 5.92 Å². The molecule has 17 heavy (non-hydrogen) atoms. The fourth-order valence-corrected chi connectivity index (χ4v) is 2.10. The Balaban J connectivity index is 2.08. The van der Waals surface area contributed by atoms with Gasteiger partial charge in [0.15, 0.2) is 0 Å². The minimum atomic E-state index is -0.765. The number of rotatable bonds is 4. The topological polar surface area (TPSA) is 53.4 Å². The summed E-state index contributed by atoms with van der Waals surface area (Å²) in [7, 11) is 0. The summed E-state index contributed by atoms with van der Waals surface area (Å²) in [4.78, 5) is 17.6. The Morgan fingerprint density at radius 1 is 1.47 bits per heavy atom. The lowest BCUT2D eigenvalue weighted by molar-refractivity contribution is -0.141. The summed E-state index contributed by atoms with van der Waals surface area (Å²) in [6.07, 6.45) is 2.94. The van der Waals surface area contributed by atoms with Crippen molar-refractivity contribution in [2.45, 2.75) is 26.2 Å². The first-order valence-corrected chi connectivity index (χ1v) is 6.10. The van der Waals surface area contributed by atoms with E-state index >= 15 is 0 Å². The summed E-state index contributed by atoms with van der Waals surface area (Å²) in [5.74, 6) is -0.160. The van der Waals surface area contributed by atoms with E-state index in [1.807, 2.05) is 18.2 Å². The Labute approximate surface area is 101 Å². The van der Waals surface area contributed by atoms with Gasteiger partial charge in [-0.15, -0.1) is 0 Å². The van der Waals surface area contributed by atoms with Gasteiger partial charge in [0.25, 0.3) is 0 Å². The molecule has 1 fully saturated rings. The molecule has 0 spiro atoms. The second kappa shape index (κ2) is 5.17. The molecule has 0 aromatic carbocycles. The van der Waals surface area contributed by atoms with Crippen molar-refractivity contribution < 1.29 is 9.90 Å². The van der Waals surface area contributed by atoms with E-state index in [2.05, 4.69) is 9.88 Å². The van der Waals surface area contributed by atoms with Crippen molar-refractivity contribution in [3.63, 3.8) is 0 Å². The Morgan fingerprint density at radius 2 is 2.18 bits per heavy atom. The molecule has 0 radical (unpaired) electrons. The van der Waals surface area contributed by atoms with Crippen molar-refractivity contribution in [3.8, 4) is 0 Å². The van der Waals surface area contributed by atoms with Crippen LogP contribution in [0.25, 0.3) is 0 Å². The van der Waals surface area contributed by atoms with Gasteiger partial charge in [-0.2, -0.15) is 0 Å². The molecule has 1 atom stereocenters. The first-order valence-electron chi connectivity index (χ1n) is 6.10. The summed E-state index contributed by atoms with van der Waals surface area (Å²) in [5.41, 5.74) is 0.865. The van der Waals surface area contributed by atoms with Gasteiger partial charge in [-0.25, -0.2) is 4.98 Å². The van der Waals surface area contributed by atoms with Crippen molar-refractivity contribution in [2.75, 3.05) is 18.0 Å².